The van der Waals surface area contributed by atoms with Crippen LogP contribution in [0.4, 0.5) is 8.78 Å². The fraction of sp³-hybridized carbons (Fsp3) is 0.0769. The SMILES string of the molecule is FC(F)c1cccc(-c2ccc(Br)cc2)c1Br. The minimum absolute atomic E-state index is 0.0189. The molecule has 17 heavy (non-hydrogen) atoms. The lowest BCUT2D eigenvalue weighted by Crippen LogP contribution is -1.89. The molecular formula is C13H8Br2F2. The number of benzene rings is 2. The lowest BCUT2D eigenvalue weighted by molar-refractivity contribution is 0.150. The molecule has 4 heteroatoms. The van der Waals surface area contributed by atoms with E-state index >= 15 is 0 Å². The molecule has 0 amide bonds. The van der Waals surface area contributed by atoms with E-state index in [0.29, 0.717) is 4.47 Å². The highest BCUT2D eigenvalue weighted by atomic mass is 79.9. The summed E-state index contributed by atoms with van der Waals surface area (Å²) in [5.74, 6) is 0. The molecule has 0 fully saturated rings. The number of rotatable bonds is 2. The third kappa shape index (κ3) is 2.75. The first-order valence-electron chi connectivity index (χ1n) is 4.92. The molecule has 0 spiro atoms. The van der Waals surface area contributed by atoms with Crippen molar-refractivity contribution in [1.82, 2.24) is 0 Å². The Labute approximate surface area is 115 Å². The highest BCUT2D eigenvalue weighted by molar-refractivity contribution is 9.10. The van der Waals surface area contributed by atoms with Crippen molar-refractivity contribution in [2.75, 3.05) is 0 Å². The van der Waals surface area contributed by atoms with Gasteiger partial charge in [0.05, 0.1) is 0 Å². The summed E-state index contributed by atoms with van der Waals surface area (Å²) < 4.78 is 26.9. The van der Waals surface area contributed by atoms with E-state index in [1.54, 1.807) is 6.07 Å². The van der Waals surface area contributed by atoms with Gasteiger partial charge in [-0.1, -0.05) is 46.3 Å². The van der Waals surface area contributed by atoms with Crippen LogP contribution in [0.15, 0.2) is 51.4 Å². The molecule has 0 bridgehead atoms. The van der Waals surface area contributed by atoms with Crippen molar-refractivity contribution in [2.45, 2.75) is 6.43 Å². The molecule has 2 aromatic carbocycles. The number of halogens is 4. The third-order valence-electron chi connectivity index (χ3n) is 2.42. The molecule has 0 saturated carbocycles. The van der Waals surface area contributed by atoms with Crippen molar-refractivity contribution < 1.29 is 8.78 Å². The minimum atomic E-state index is -2.47. The van der Waals surface area contributed by atoms with Crippen molar-refractivity contribution in [3.05, 3.63) is 57.0 Å². The second-order valence-corrected chi connectivity index (χ2v) is 5.23. The van der Waals surface area contributed by atoms with Crippen molar-refractivity contribution in [3.8, 4) is 11.1 Å². The van der Waals surface area contributed by atoms with Crippen LogP contribution >= 0.6 is 31.9 Å². The number of alkyl halides is 2. The fourth-order valence-electron chi connectivity index (χ4n) is 1.57. The summed E-state index contributed by atoms with van der Waals surface area (Å²) in [6.07, 6.45) is -2.47. The molecule has 0 atom stereocenters. The quantitative estimate of drug-likeness (QED) is 0.632. The molecule has 0 aliphatic rings. The van der Waals surface area contributed by atoms with Crippen molar-refractivity contribution in [1.29, 1.82) is 0 Å². The summed E-state index contributed by atoms with van der Waals surface area (Å²) in [7, 11) is 0. The van der Waals surface area contributed by atoms with E-state index in [1.807, 2.05) is 30.3 Å². The molecule has 2 aromatic rings. The topological polar surface area (TPSA) is 0 Å². The standard InChI is InChI=1S/C13H8Br2F2/c14-9-6-4-8(5-7-9)10-2-1-3-11(12(10)15)13(16)17/h1-7,13H. The van der Waals surface area contributed by atoms with Gasteiger partial charge in [0.2, 0.25) is 0 Å². The first-order valence-corrected chi connectivity index (χ1v) is 6.50. The minimum Gasteiger partial charge on any atom is -0.205 e. The molecule has 0 nitrogen and oxygen atoms in total. The average molecular weight is 362 g/mol. The highest BCUT2D eigenvalue weighted by Crippen LogP contribution is 2.35. The summed E-state index contributed by atoms with van der Waals surface area (Å²) in [5.41, 5.74) is 1.70. The van der Waals surface area contributed by atoms with E-state index in [1.165, 1.54) is 6.07 Å². The van der Waals surface area contributed by atoms with Crippen LogP contribution in [-0.2, 0) is 0 Å². The van der Waals surface area contributed by atoms with Gasteiger partial charge in [-0.25, -0.2) is 8.78 Å². The van der Waals surface area contributed by atoms with Crippen LogP contribution < -0.4 is 0 Å². The molecular weight excluding hydrogens is 354 g/mol. The third-order valence-corrected chi connectivity index (χ3v) is 3.83. The Morgan fingerprint density at radius 2 is 1.53 bits per heavy atom. The van der Waals surface area contributed by atoms with Crippen LogP contribution in [0.25, 0.3) is 11.1 Å². The largest absolute Gasteiger partial charge is 0.264 e. The predicted molar refractivity (Wildman–Crippen MR) is 72.2 cm³/mol. The van der Waals surface area contributed by atoms with Gasteiger partial charge in [0.1, 0.15) is 0 Å². The lowest BCUT2D eigenvalue weighted by Gasteiger charge is -2.09. The maximum absolute atomic E-state index is 12.8. The van der Waals surface area contributed by atoms with Gasteiger partial charge in [-0.3, -0.25) is 0 Å². The summed E-state index contributed by atoms with van der Waals surface area (Å²) in [6.45, 7) is 0. The van der Waals surface area contributed by atoms with E-state index in [9.17, 15) is 8.78 Å². The Morgan fingerprint density at radius 3 is 2.12 bits per heavy atom. The Morgan fingerprint density at radius 1 is 0.882 bits per heavy atom. The number of hydrogen-bond acceptors (Lipinski definition) is 0. The fourth-order valence-corrected chi connectivity index (χ4v) is 2.50. The van der Waals surface area contributed by atoms with Crippen molar-refractivity contribution in [3.63, 3.8) is 0 Å². The summed E-state index contributed by atoms with van der Waals surface area (Å²) in [5, 5.41) is 0. The molecule has 0 aromatic heterocycles. The maximum Gasteiger partial charge on any atom is 0.264 e. The molecule has 0 saturated heterocycles. The van der Waals surface area contributed by atoms with Gasteiger partial charge in [-0.15, -0.1) is 0 Å². The summed E-state index contributed by atoms with van der Waals surface area (Å²) in [4.78, 5) is 0. The van der Waals surface area contributed by atoms with Crippen LogP contribution in [-0.4, -0.2) is 0 Å². The molecule has 88 valence electrons. The van der Waals surface area contributed by atoms with Crippen LogP contribution in [0.1, 0.15) is 12.0 Å². The second-order valence-electron chi connectivity index (χ2n) is 3.52. The normalized spacial score (nSPS) is 10.9. The van der Waals surface area contributed by atoms with Gasteiger partial charge in [-0.2, -0.15) is 0 Å². The van der Waals surface area contributed by atoms with Crippen LogP contribution in [0.3, 0.4) is 0 Å². The van der Waals surface area contributed by atoms with Gasteiger partial charge < -0.3 is 0 Å². The average Bonchev–Trinajstić information content (AvgIpc) is 2.30. The van der Waals surface area contributed by atoms with E-state index in [4.69, 9.17) is 0 Å². The van der Waals surface area contributed by atoms with Crippen LogP contribution in [0.2, 0.25) is 0 Å². The smallest absolute Gasteiger partial charge is 0.205 e. The first kappa shape index (κ1) is 12.7. The van der Waals surface area contributed by atoms with Gasteiger partial charge in [0.25, 0.3) is 6.43 Å². The monoisotopic (exact) mass is 360 g/mol. The van der Waals surface area contributed by atoms with E-state index in [-0.39, 0.29) is 5.56 Å². The predicted octanol–water partition coefficient (Wildman–Crippen LogP) is 5.82. The molecule has 0 aliphatic carbocycles. The Hall–Kier alpha value is -0.740. The molecule has 0 heterocycles. The first-order chi connectivity index (χ1) is 8.09. The molecule has 0 radical (unpaired) electrons. The Bertz CT molecular complexity index is 521. The van der Waals surface area contributed by atoms with Gasteiger partial charge in [-0.05, 0) is 39.2 Å². The zero-order chi connectivity index (χ0) is 12.4. The Balaban J connectivity index is 2.52. The molecule has 0 unspecified atom stereocenters. The second kappa shape index (κ2) is 5.27. The van der Waals surface area contributed by atoms with Gasteiger partial charge in [0.15, 0.2) is 0 Å². The van der Waals surface area contributed by atoms with Gasteiger partial charge >= 0.3 is 0 Å². The maximum atomic E-state index is 12.8. The van der Waals surface area contributed by atoms with Crippen LogP contribution in [0.5, 0.6) is 0 Å². The van der Waals surface area contributed by atoms with Crippen molar-refractivity contribution >= 4 is 31.9 Å². The van der Waals surface area contributed by atoms with Gasteiger partial charge in [0, 0.05) is 14.5 Å². The molecule has 0 aliphatic heterocycles. The van der Waals surface area contributed by atoms with E-state index in [2.05, 4.69) is 31.9 Å². The highest BCUT2D eigenvalue weighted by Gasteiger charge is 2.14. The lowest BCUT2D eigenvalue weighted by atomic mass is 10.0. The summed E-state index contributed by atoms with van der Waals surface area (Å²) >= 11 is 6.59. The van der Waals surface area contributed by atoms with E-state index in [0.717, 1.165) is 15.6 Å². The molecule has 2 rings (SSSR count). The summed E-state index contributed by atoms with van der Waals surface area (Å²) in [6, 6.07) is 12.4. The number of hydrogen-bond donors (Lipinski definition) is 0. The zero-order valence-corrected chi connectivity index (χ0v) is 11.8. The van der Waals surface area contributed by atoms with Crippen molar-refractivity contribution in [2.24, 2.45) is 0 Å². The van der Waals surface area contributed by atoms with E-state index < -0.39 is 6.43 Å². The van der Waals surface area contributed by atoms with Crippen LogP contribution in [0, 0.1) is 0 Å². The molecule has 0 N–H and O–H groups in total. The Kier molecular flexibility index (Phi) is 3.94. The zero-order valence-electron chi connectivity index (χ0n) is 8.63.